The number of nitrogens with one attached hydrogen (secondary N) is 2. The molecule has 14 heteroatoms. The van der Waals surface area contributed by atoms with Crippen molar-refractivity contribution in [3.8, 4) is 16.9 Å². The summed E-state index contributed by atoms with van der Waals surface area (Å²) in [7, 11) is -4.34. The van der Waals surface area contributed by atoms with Gasteiger partial charge < -0.3 is 19.8 Å². The molecule has 0 saturated heterocycles. The molecule has 3 rings (SSSR count). The molecule has 0 fully saturated rings. The highest BCUT2D eigenvalue weighted by Gasteiger charge is 2.43. The van der Waals surface area contributed by atoms with Crippen molar-refractivity contribution >= 4 is 44.5 Å². The number of aromatic amines is 1. The second-order valence-corrected chi connectivity index (χ2v) is 12.6. The van der Waals surface area contributed by atoms with Crippen LogP contribution in [0.5, 0.6) is 5.75 Å². The van der Waals surface area contributed by atoms with E-state index in [0.717, 1.165) is 0 Å². The zero-order valence-corrected chi connectivity index (χ0v) is 24.9. The number of aromatic nitrogens is 1. The van der Waals surface area contributed by atoms with Gasteiger partial charge in [0.1, 0.15) is 11.4 Å². The standard InChI is InChI=1S/C28H29ClF4N2O6S/c1-15-19(10-11-42(38,39)28(31,32)33)23-22(21(40-5)12-20(29)24(23)35-25(15)36)17-8-6-16(7-9-17)18(13-30)14-34-26(37)41-27(2,3)4/h6-12,18H,13-14H2,1-5H3,(H,34,37)(H,35,36)/b11-10-/t18-/m0/s1. The molecule has 1 aromatic heterocycles. The number of hydrogen-bond donors (Lipinski definition) is 2. The lowest BCUT2D eigenvalue weighted by Crippen LogP contribution is -2.35. The Balaban J connectivity index is 2.16. The van der Waals surface area contributed by atoms with E-state index in [1.807, 2.05) is 0 Å². The number of hydrogen-bond acceptors (Lipinski definition) is 6. The van der Waals surface area contributed by atoms with Crippen molar-refractivity contribution in [1.82, 2.24) is 10.3 Å². The number of methoxy groups -OCH3 is 1. The molecule has 2 aromatic carbocycles. The number of rotatable bonds is 8. The first-order chi connectivity index (χ1) is 19.4. The Bertz CT molecular complexity index is 1680. The lowest BCUT2D eigenvalue weighted by molar-refractivity contribution is -0.0423. The molecular formula is C28H29ClF4N2O6S. The van der Waals surface area contributed by atoms with Crippen LogP contribution in [0.1, 0.15) is 43.4 Å². The third-order valence-electron chi connectivity index (χ3n) is 6.20. The van der Waals surface area contributed by atoms with Crippen LogP contribution in [0.2, 0.25) is 5.02 Å². The summed E-state index contributed by atoms with van der Waals surface area (Å²) < 4.78 is 87.3. The van der Waals surface area contributed by atoms with E-state index >= 15 is 0 Å². The number of pyridine rings is 1. The molecule has 0 saturated carbocycles. The van der Waals surface area contributed by atoms with E-state index in [1.54, 1.807) is 45.0 Å². The van der Waals surface area contributed by atoms with Crippen molar-refractivity contribution in [3.63, 3.8) is 0 Å². The Morgan fingerprint density at radius 2 is 1.79 bits per heavy atom. The van der Waals surface area contributed by atoms with Gasteiger partial charge in [-0.25, -0.2) is 13.2 Å². The van der Waals surface area contributed by atoms with Crippen molar-refractivity contribution in [3.05, 3.63) is 67.8 Å². The van der Waals surface area contributed by atoms with Gasteiger partial charge in [0, 0.05) is 40.5 Å². The van der Waals surface area contributed by atoms with Crippen LogP contribution in [0.3, 0.4) is 0 Å². The van der Waals surface area contributed by atoms with Crippen molar-refractivity contribution in [2.45, 2.75) is 44.7 Å². The first-order valence-electron chi connectivity index (χ1n) is 12.5. The van der Waals surface area contributed by atoms with Gasteiger partial charge >= 0.3 is 11.6 Å². The number of fused-ring (bicyclic) bond motifs is 1. The number of carbonyl (C=O) groups excluding carboxylic acids is 1. The summed E-state index contributed by atoms with van der Waals surface area (Å²) in [6.07, 6.45) is -0.00222. The number of alkyl carbamates (subject to hydrolysis) is 1. The van der Waals surface area contributed by atoms with Gasteiger partial charge in [0.15, 0.2) is 0 Å². The zero-order chi connectivity index (χ0) is 31.6. The Morgan fingerprint density at radius 3 is 2.31 bits per heavy atom. The quantitative estimate of drug-likeness (QED) is 0.269. The topological polar surface area (TPSA) is 115 Å². The molecule has 0 aliphatic heterocycles. The van der Waals surface area contributed by atoms with Crippen LogP contribution in [0.25, 0.3) is 28.1 Å². The summed E-state index contributed by atoms with van der Waals surface area (Å²) in [6, 6.07) is 7.78. The number of carbonyl (C=O) groups is 1. The van der Waals surface area contributed by atoms with E-state index in [4.69, 9.17) is 21.1 Å². The van der Waals surface area contributed by atoms with Crippen LogP contribution in [0, 0.1) is 6.92 Å². The molecule has 0 unspecified atom stereocenters. The first kappa shape index (κ1) is 32.9. The minimum atomic E-state index is -5.67. The van der Waals surface area contributed by atoms with E-state index < -0.39 is 45.2 Å². The molecule has 0 bridgehead atoms. The van der Waals surface area contributed by atoms with Gasteiger partial charge in [-0.05, 0) is 50.5 Å². The second kappa shape index (κ2) is 12.3. The van der Waals surface area contributed by atoms with Gasteiger partial charge in [0.2, 0.25) is 0 Å². The molecule has 228 valence electrons. The van der Waals surface area contributed by atoms with E-state index in [9.17, 15) is 35.6 Å². The first-order valence-corrected chi connectivity index (χ1v) is 14.4. The van der Waals surface area contributed by atoms with Crippen LogP contribution >= 0.6 is 11.6 Å². The Kier molecular flexibility index (Phi) is 9.68. The lowest BCUT2D eigenvalue weighted by atomic mass is 9.92. The molecule has 8 nitrogen and oxygen atoms in total. The largest absolute Gasteiger partial charge is 0.501 e. The van der Waals surface area contributed by atoms with E-state index in [1.165, 1.54) is 20.1 Å². The van der Waals surface area contributed by atoms with Crippen LogP contribution in [0.15, 0.2) is 40.5 Å². The number of H-pyrrole nitrogens is 1. The maximum Gasteiger partial charge on any atom is 0.501 e. The molecule has 1 amide bonds. The number of benzene rings is 2. The van der Waals surface area contributed by atoms with Gasteiger partial charge in [0.05, 0.1) is 24.3 Å². The van der Waals surface area contributed by atoms with Crippen LogP contribution in [-0.4, -0.2) is 50.9 Å². The molecule has 0 radical (unpaired) electrons. The van der Waals surface area contributed by atoms with Crippen LogP contribution < -0.4 is 15.6 Å². The second-order valence-electron chi connectivity index (χ2n) is 10.3. The molecule has 1 heterocycles. The number of sulfone groups is 1. The fraction of sp³-hybridized carbons (Fsp3) is 0.357. The minimum Gasteiger partial charge on any atom is -0.496 e. The van der Waals surface area contributed by atoms with E-state index in [-0.39, 0.29) is 50.3 Å². The van der Waals surface area contributed by atoms with Gasteiger partial charge in [0.25, 0.3) is 15.4 Å². The monoisotopic (exact) mass is 632 g/mol. The summed E-state index contributed by atoms with van der Waals surface area (Å²) in [5, 5.41) is 2.65. The fourth-order valence-corrected chi connectivity index (χ4v) is 4.84. The highest BCUT2D eigenvalue weighted by molar-refractivity contribution is 7.95. The maximum atomic E-state index is 13.9. The van der Waals surface area contributed by atoms with Gasteiger partial charge in [-0.1, -0.05) is 35.9 Å². The predicted molar refractivity (Wildman–Crippen MR) is 153 cm³/mol. The normalized spacial score (nSPS) is 13.4. The van der Waals surface area contributed by atoms with Crippen LogP contribution in [0.4, 0.5) is 22.4 Å². The third kappa shape index (κ3) is 7.24. The number of amides is 1. The molecule has 1 atom stereocenters. The third-order valence-corrected chi connectivity index (χ3v) is 7.64. The molecule has 3 aromatic rings. The van der Waals surface area contributed by atoms with Crippen molar-refractivity contribution in [1.29, 1.82) is 0 Å². The Labute approximate surface area is 244 Å². The minimum absolute atomic E-state index is 0.00152. The predicted octanol–water partition coefficient (Wildman–Crippen LogP) is 6.65. The Hall–Kier alpha value is -3.58. The van der Waals surface area contributed by atoms with Gasteiger partial charge in [-0.2, -0.15) is 13.2 Å². The molecular weight excluding hydrogens is 604 g/mol. The highest BCUT2D eigenvalue weighted by atomic mass is 35.5. The summed E-state index contributed by atoms with van der Waals surface area (Å²) in [5.74, 6) is -0.547. The summed E-state index contributed by atoms with van der Waals surface area (Å²) in [5.41, 5.74) is -5.87. The van der Waals surface area contributed by atoms with Crippen molar-refractivity contribution < 1.29 is 40.2 Å². The molecule has 42 heavy (non-hydrogen) atoms. The van der Waals surface area contributed by atoms with Crippen molar-refractivity contribution in [2.24, 2.45) is 0 Å². The molecule has 0 aliphatic rings. The van der Waals surface area contributed by atoms with Crippen molar-refractivity contribution in [2.75, 3.05) is 20.3 Å². The average molecular weight is 633 g/mol. The highest BCUT2D eigenvalue weighted by Crippen LogP contribution is 2.42. The maximum absolute atomic E-state index is 13.9. The molecule has 0 aliphatic carbocycles. The molecule has 0 spiro atoms. The lowest BCUT2D eigenvalue weighted by Gasteiger charge is -2.21. The summed E-state index contributed by atoms with van der Waals surface area (Å²) in [6.45, 7) is 5.55. The number of alkyl halides is 4. The summed E-state index contributed by atoms with van der Waals surface area (Å²) in [4.78, 5) is 27.2. The summed E-state index contributed by atoms with van der Waals surface area (Å²) >= 11 is 6.39. The fourth-order valence-electron chi connectivity index (χ4n) is 4.13. The van der Waals surface area contributed by atoms with E-state index in [0.29, 0.717) is 17.2 Å². The molecule has 2 N–H and O–H groups in total. The smallest absolute Gasteiger partial charge is 0.496 e. The number of halogens is 5. The SMILES string of the molecule is COc1cc(Cl)c2[nH]c(=O)c(C)c(/C=C\S(=O)(=O)C(F)(F)F)c2c1-c1ccc([C@@H](CF)CNC(=O)OC(C)(C)C)cc1. The van der Waals surface area contributed by atoms with Crippen LogP contribution in [-0.2, 0) is 14.6 Å². The average Bonchev–Trinajstić information content (AvgIpc) is 2.88. The zero-order valence-electron chi connectivity index (χ0n) is 23.3. The Morgan fingerprint density at radius 1 is 1.17 bits per heavy atom. The van der Waals surface area contributed by atoms with E-state index in [2.05, 4.69) is 10.3 Å². The number of ether oxygens (including phenoxy) is 2. The van der Waals surface area contributed by atoms with Gasteiger partial charge in [-0.15, -0.1) is 0 Å². The van der Waals surface area contributed by atoms with Gasteiger partial charge in [-0.3, -0.25) is 9.18 Å².